The van der Waals surface area contributed by atoms with Crippen LogP contribution in [-0.4, -0.2) is 73.9 Å². The maximum atomic E-state index is 12.4. The summed E-state index contributed by atoms with van der Waals surface area (Å²) in [5.74, 6) is -2.37. The van der Waals surface area contributed by atoms with Crippen LogP contribution in [0.5, 0.6) is 0 Å². The number of thioether (sulfide) groups is 1. The number of fused-ring (bicyclic) bond motifs is 1. The highest BCUT2D eigenvalue weighted by Crippen LogP contribution is 2.51. The van der Waals surface area contributed by atoms with Gasteiger partial charge in [-0.1, -0.05) is 12.1 Å². The molecule has 0 aromatic carbocycles. The number of hydrogen-bond donors (Lipinski definition) is 5. The van der Waals surface area contributed by atoms with E-state index in [-0.39, 0.29) is 46.6 Å². The number of hydrogen-bond acceptors (Lipinski definition) is 8. The average molecular weight is 426 g/mol. The van der Waals surface area contributed by atoms with E-state index < -0.39 is 18.0 Å². The first-order valence-electron chi connectivity index (χ1n) is 9.52. The van der Waals surface area contributed by atoms with Crippen molar-refractivity contribution < 1.29 is 29.8 Å². The van der Waals surface area contributed by atoms with Gasteiger partial charge in [0.2, 0.25) is 11.8 Å². The van der Waals surface area contributed by atoms with E-state index in [1.165, 1.54) is 23.6 Å². The first kappa shape index (κ1) is 21.6. The van der Waals surface area contributed by atoms with E-state index in [0.29, 0.717) is 24.3 Å². The molecule has 2 fully saturated rings. The summed E-state index contributed by atoms with van der Waals surface area (Å²) in [6.45, 7) is 5.40. The lowest BCUT2D eigenvalue weighted by Crippen LogP contribution is -2.63. The molecule has 3 aliphatic rings. The lowest BCUT2D eigenvalue weighted by Gasteiger charge is -2.46. The molecule has 3 rings (SSSR count). The number of carbonyl (C=O) groups excluding carboxylic acids is 2. The van der Waals surface area contributed by atoms with E-state index in [1.807, 2.05) is 6.92 Å². The van der Waals surface area contributed by atoms with Gasteiger partial charge in [0.1, 0.15) is 11.5 Å². The minimum Gasteiger partial charge on any atom is -0.477 e. The fourth-order valence-electron chi connectivity index (χ4n) is 4.44. The van der Waals surface area contributed by atoms with Crippen molar-refractivity contribution in [3.63, 3.8) is 0 Å². The van der Waals surface area contributed by atoms with Crippen LogP contribution in [-0.2, 0) is 14.4 Å². The maximum absolute atomic E-state index is 12.4. The third-order valence-electron chi connectivity index (χ3n) is 5.67. The highest BCUT2D eigenvalue weighted by atomic mass is 32.2. The molecule has 2 amide bonds. The molecule has 0 spiro atoms. The zero-order chi connectivity index (χ0) is 21.5. The number of oxime groups is 1. The Bertz CT molecular complexity index is 782. The van der Waals surface area contributed by atoms with E-state index in [2.05, 4.69) is 15.8 Å². The number of carboxylic acid groups (broad SMARTS) is 1. The van der Waals surface area contributed by atoms with Crippen molar-refractivity contribution in [1.82, 2.24) is 15.5 Å². The Labute approximate surface area is 172 Å². The smallest absolute Gasteiger partial charge is 0.353 e. The summed E-state index contributed by atoms with van der Waals surface area (Å²) in [6, 6.07) is -0.353. The Kier molecular flexibility index (Phi) is 6.20. The van der Waals surface area contributed by atoms with Crippen LogP contribution in [0.3, 0.4) is 0 Å². The van der Waals surface area contributed by atoms with Crippen LogP contribution in [0.1, 0.15) is 33.6 Å². The summed E-state index contributed by atoms with van der Waals surface area (Å²) in [4.78, 5) is 37.4. The quantitative estimate of drug-likeness (QED) is 0.130. The topological polar surface area (TPSA) is 152 Å². The van der Waals surface area contributed by atoms with Gasteiger partial charge in [-0.15, -0.1) is 11.8 Å². The Morgan fingerprint density at radius 1 is 1.45 bits per heavy atom. The van der Waals surface area contributed by atoms with Gasteiger partial charge in [0.25, 0.3) is 0 Å². The normalized spacial score (nSPS) is 32.8. The molecule has 29 heavy (non-hydrogen) atoms. The molecule has 11 heteroatoms. The van der Waals surface area contributed by atoms with Gasteiger partial charge in [-0.3, -0.25) is 9.59 Å². The van der Waals surface area contributed by atoms with Gasteiger partial charge >= 0.3 is 5.97 Å². The second kappa shape index (κ2) is 8.33. The number of rotatable bonds is 6. The number of aliphatic hydroxyl groups excluding tert-OH is 1. The van der Waals surface area contributed by atoms with E-state index in [4.69, 9.17) is 5.21 Å². The Hall–Kier alpha value is -2.11. The van der Waals surface area contributed by atoms with Crippen molar-refractivity contribution in [3.05, 3.63) is 10.6 Å². The molecule has 0 aliphatic carbocycles. The zero-order valence-corrected chi connectivity index (χ0v) is 17.3. The molecular weight excluding hydrogens is 400 g/mol. The second-order valence-electron chi connectivity index (χ2n) is 7.78. The molecule has 10 nitrogen and oxygen atoms in total. The summed E-state index contributed by atoms with van der Waals surface area (Å²) in [5.41, 5.74) is 0.0220. The Morgan fingerprint density at radius 3 is 2.69 bits per heavy atom. The number of aliphatic hydroxyl groups is 1. The van der Waals surface area contributed by atoms with Crippen LogP contribution in [0.2, 0.25) is 0 Å². The number of carboxylic acids is 1. The number of β-lactam (4-membered cyclic amide) rings is 1. The Balaban J connectivity index is 1.69. The maximum Gasteiger partial charge on any atom is 0.353 e. The van der Waals surface area contributed by atoms with Gasteiger partial charge in [-0.2, -0.15) is 0 Å². The molecule has 5 N–H and O–H groups in total. The van der Waals surface area contributed by atoms with Gasteiger partial charge in [0.05, 0.1) is 18.1 Å². The van der Waals surface area contributed by atoms with Crippen molar-refractivity contribution in [2.75, 3.05) is 6.54 Å². The number of nitrogens with zero attached hydrogens (tertiary/aromatic N) is 2. The van der Waals surface area contributed by atoms with Crippen LogP contribution >= 0.6 is 11.8 Å². The van der Waals surface area contributed by atoms with E-state index in [0.717, 1.165) is 0 Å². The fourth-order valence-corrected chi connectivity index (χ4v) is 5.96. The van der Waals surface area contributed by atoms with Gasteiger partial charge in [-0.05, 0) is 13.3 Å². The molecule has 160 valence electrons. The molecule has 0 saturated carbocycles. The van der Waals surface area contributed by atoms with E-state index >= 15 is 0 Å². The largest absolute Gasteiger partial charge is 0.477 e. The summed E-state index contributed by atoms with van der Waals surface area (Å²) < 4.78 is 0. The predicted molar refractivity (Wildman–Crippen MR) is 105 cm³/mol. The first-order chi connectivity index (χ1) is 13.6. The van der Waals surface area contributed by atoms with Crippen LogP contribution in [0, 0.1) is 11.8 Å². The third kappa shape index (κ3) is 3.99. The summed E-state index contributed by atoms with van der Waals surface area (Å²) >= 11 is 1.45. The van der Waals surface area contributed by atoms with Crippen molar-refractivity contribution in [2.24, 2.45) is 17.0 Å². The molecule has 0 aromatic heterocycles. The summed E-state index contributed by atoms with van der Waals surface area (Å²) in [7, 11) is 0. The fraction of sp³-hybridized carbons (Fsp3) is 0.667. The molecule has 0 radical (unpaired) electrons. The van der Waals surface area contributed by atoms with Crippen LogP contribution in [0.15, 0.2) is 15.8 Å². The number of aliphatic carboxylic acids is 1. The molecule has 0 bridgehead atoms. The molecular formula is C18H26N4O6S. The molecule has 3 heterocycles. The van der Waals surface area contributed by atoms with Crippen molar-refractivity contribution in [2.45, 2.75) is 57.1 Å². The van der Waals surface area contributed by atoms with Gasteiger partial charge in [0, 0.05) is 42.0 Å². The van der Waals surface area contributed by atoms with Crippen molar-refractivity contribution in [1.29, 1.82) is 0 Å². The lowest BCUT2D eigenvalue weighted by molar-refractivity contribution is -0.163. The molecule has 0 aromatic rings. The number of amidine groups is 1. The third-order valence-corrected chi connectivity index (χ3v) is 7.18. The second-order valence-corrected chi connectivity index (χ2v) is 9.13. The van der Waals surface area contributed by atoms with Gasteiger partial charge in [0.15, 0.2) is 0 Å². The van der Waals surface area contributed by atoms with Crippen molar-refractivity contribution in [3.8, 4) is 0 Å². The molecule has 3 aliphatic heterocycles. The number of carbonyl (C=O) groups is 3. The average Bonchev–Trinajstić information content (AvgIpc) is 3.15. The molecule has 3 unspecified atom stereocenters. The van der Waals surface area contributed by atoms with Crippen molar-refractivity contribution >= 4 is 35.4 Å². The Morgan fingerprint density at radius 2 is 2.14 bits per heavy atom. The first-order valence-corrected chi connectivity index (χ1v) is 10.4. The minimum atomic E-state index is -1.14. The summed E-state index contributed by atoms with van der Waals surface area (Å²) in [6.07, 6.45) is 0.198. The highest BCUT2D eigenvalue weighted by Gasteiger charge is 2.60. The van der Waals surface area contributed by atoms with E-state index in [9.17, 15) is 24.6 Å². The van der Waals surface area contributed by atoms with Crippen LogP contribution in [0.4, 0.5) is 0 Å². The molecule has 6 atom stereocenters. The lowest BCUT2D eigenvalue weighted by atomic mass is 9.79. The van der Waals surface area contributed by atoms with Gasteiger partial charge in [-0.25, -0.2) is 4.79 Å². The predicted octanol–water partition coefficient (Wildman–Crippen LogP) is -0.0823. The number of amides is 2. The highest BCUT2D eigenvalue weighted by molar-refractivity contribution is 8.03. The molecule has 2 saturated heterocycles. The zero-order valence-electron chi connectivity index (χ0n) is 16.5. The van der Waals surface area contributed by atoms with E-state index in [1.54, 1.807) is 6.92 Å². The summed E-state index contributed by atoms with van der Waals surface area (Å²) in [5, 5.41) is 37.6. The van der Waals surface area contributed by atoms with Gasteiger partial charge < -0.3 is 31.0 Å². The minimum absolute atomic E-state index is 0.0220. The number of nitrogens with one attached hydrogen (secondary N) is 2. The SMILES string of the molecule is CC(=O)N/C(CC1C[C@H](SC2=C(C(=O)O)N3C(=O)C([C@@H](C)O)C3[C@H]2C)CN1)=N\O. The standard InChI is InChI=1S/C18H26N4O6S/c1-7-14-13(8(2)23)17(25)22(14)15(18(26)27)16(7)29-11-4-10(19-6-11)5-12(21-28)20-9(3)24/h7-8,10-11,13-14,19,23,28H,4-6H2,1-3H3,(H,26,27)(H,20,21,24)/t7-,8-,10?,11+,13?,14?/m1/s1. The van der Waals surface area contributed by atoms with Crippen LogP contribution < -0.4 is 10.6 Å². The monoisotopic (exact) mass is 426 g/mol. The van der Waals surface area contributed by atoms with Crippen LogP contribution in [0.25, 0.3) is 0 Å².